The van der Waals surface area contributed by atoms with Gasteiger partial charge in [0, 0.05) is 13.2 Å². The summed E-state index contributed by atoms with van der Waals surface area (Å²) in [6.07, 6.45) is 7.85. The zero-order chi connectivity index (χ0) is 11.1. The Balaban J connectivity index is 1.52. The van der Waals surface area contributed by atoms with Crippen molar-refractivity contribution in [3.63, 3.8) is 0 Å². The Morgan fingerprint density at radius 2 is 1.94 bits per heavy atom. The predicted molar refractivity (Wildman–Crippen MR) is 66.4 cm³/mol. The number of aryl methyl sites for hydroxylation is 1. The first-order valence-corrected chi connectivity index (χ1v) is 6.48. The molecular formula is C15H21O. The first-order valence-electron chi connectivity index (χ1n) is 6.48. The minimum Gasteiger partial charge on any atom is -0.381 e. The zero-order valence-corrected chi connectivity index (χ0v) is 9.95. The first-order chi connectivity index (χ1) is 7.95. The molecule has 0 amide bonds. The quantitative estimate of drug-likeness (QED) is 0.661. The highest BCUT2D eigenvalue weighted by atomic mass is 16.5. The third kappa shape index (κ3) is 3.97. The molecule has 1 saturated carbocycles. The summed E-state index contributed by atoms with van der Waals surface area (Å²) in [5, 5.41) is 0. The Labute approximate surface area is 98.8 Å². The predicted octanol–water partition coefficient (Wildman–Crippen LogP) is 3.63. The average molecular weight is 217 g/mol. The van der Waals surface area contributed by atoms with Gasteiger partial charge in [-0.2, -0.15) is 0 Å². The molecule has 1 nitrogen and oxygen atoms in total. The van der Waals surface area contributed by atoms with Crippen molar-refractivity contribution in [3.8, 4) is 0 Å². The fourth-order valence-electron chi connectivity index (χ4n) is 2.39. The minimum absolute atomic E-state index is 0.853. The van der Waals surface area contributed by atoms with E-state index in [1.165, 1.54) is 31.2 Å². The molecule has 0 spiro atoms. The van der Waals surface area contributed by atoms with E-state index in [4.69, 9.17) is 4.74 Å². The average Bonchev–Trinajstić information content (AvgIpc) is 2.83. The van der Waals surface area contributed by atoms with E-state index >= 15 is 0 Å². The van der Waals surface area contributed by atoms with Crippen LogP contribution in [-0.4, -0.2) is 13.2 Å². The Bertz CT molecular complexity index is 275. The van der Waals surface area contributed by atoms with Crippen LogP contribution in [0.15, 0.2) is 24.3 Å². The fourth-order valence-corrected chi connectivity index (χ4v) is 2.39. The molecule has 1 aromatic rings. The maximum absolute atomic E-state index is 5.73. The van der Waals surface area contributed by atoms with Gasteiger partial charge in [-0.25, -0.2) is 0 Å². The first kappa shape index (κ1) is 11.7. The molecule has 0 saturated heterocycles. The highest BCUT2D eigenvalue weighted by molar-refractivity contribution is 5.13. The number of rotatable bonds is 6. The summed E-state index contributed by atoms with van der Waals surface area (Å²) in [5.74, 6) is 0.853. The molecule has 16 heavy (non-hydrogen) atoms. The molecule has 1 fully saturated rings. The van der Waals surface area contributed by atoms with Gasteiger partial charge in [0.05, 0.1) is 0 Å². The highest BCUT2D eigenvalue weighted by Crippen LogP contribution is 2.24. The molecule has 1 aliphatic carbocycles. The number of hydrogen-bond acceptors (Lipinski definition) is 1. The maximum Gasteiger partial charge on any atom is 0.0494 e. The second-order valence-electron chi connectivity index (χ2n) is 4.74. The van der Waals surface area contributed by atoms with Crippen molar-refractivity contribution in [1.29, 1.82) is 0 Å². The van der Waals surface area contributed by atoms with Crippen molar-refractivity contribution in [2.75, 3.05) is 13.2 Å². The van der Waals surface area contributed by atoms with Gasteiger partial charge in [-0.15, -0.1) is 0 Å². The molecule has 1 aliphatic rings. The van der Waals surface area contributed by atoms with Gasteiger partial charge in [-0.05, 0) is 43.2 Å². The number of ether oxygens (including phenoxy) is 1. The van der Waals surface area contributed by atoms with Crippen LogP contribution in [0, 0.1) is 12.0 Å². The molecule has 0 aromatic heterocycles. The number of benzene rings is 1. The Morgan fingerprint density at radius 1 is 1.19 bits per heavy atom. The van der Waals surface area contributed by atoms with Gasteiger partial charge in [0.2, 0.25) is 0 Å². The van der Waals surface area contributed by atoms with Crippen molar-refractivity contribution >= 4 is 0 Å². The summed E-state index contributed by atoms with van der Waals surface area (Å²) in [6, 6.07) is 11.3. The van der Waals surface area contributed by atoms with Crippen LogP contribution in [-0.2, 0) is 11.2 Å². The molecule has 87 valence electrons. The summed E-state index contributed by atoms with van der Waals surface area (Å²) in [5.41, 5.74) is 1.39. The monoisotopic (exact) mass is 217 g/mol. The van der Waals surface area contributed by atoms with Crippen LogP contribution in [0.4, 0.5) is 0 Å². The molecule has 0 aliphatic heterocycles. The summed E-state index contributed by atoms with van der Waals surface area (Å²) in [7, 11) is 0. The largest absolute Gasteiger partial charge is 0.381 e. The Kier molecular flexibility index (Phi) is 4.88. The van der Waals surface area contributed by atoms with Gasteiger partial charge in [-0.1, -0.05) is 37.1 Å². The molecule has 1 heteroatoms. The normalized spacial score (nSPS) is 16.8. The Morgan fingerprint density at radius 3 is 2.69 bits per heavy atom. The minimum atomic E-state index is 0.853. The lowest BCUT2D eigenvalue weighted by Gasteiger charge is -2.09. The third-order valence-electron chi connectivity index (χ3n) is 3.37. The van der Waals surface area contributed by atoms with Gasteiger partial charge >= 0.3 is 0 Å². The van der Waals surface area contributed by atoms with Crippen LogP contribution in [0.3, 0.4) is 0 Å². The van der Waals surface area contributed by atoms with Crippen LogP contribution in [0.5, 0.6) is 0 Å². The van der Waals surface area contributed by atoms with Crippen LogP contribution >= 0.6 is 0 Å². The van der Waals surface area contributed by atoms with E-state index in [0.29, 0.717) is 0 Å². The fraction of sp³-hybridized carbons (Fsp3) is 0.600. The van der Waals surface area contributed by atoms with Crippen LogP contribution in [0.1, 0.15) is 37.7 Å². The van der Waals surface area contributed by atoms with Crippen LogP contribution in [0.25, 0.3) is 0 Å². The lowest BCUT2D eigenvalue weighted by molar-refractivity contribution is 0.0995. The van der Waals surface area contributed by atoms with E-state index in [2.05, 4.69) is 18.2 Å². The second kappa shape index (κ2) is 6.70. The van der Waals surface area contributed by atoms with Crippen molar-refractivity contribution in [2.24, 2.45) is 5.92 Å². The molecule has 0 heterocycles. The molecule has 0 N–H and O–H groups in total. The van der Waals surface area contributed by atoms with Gasteiger partial charge < -0.3 is 4.74 Å². The standard InChI is InChI=1S/C15H21O/c1-2-7-14(8-3-1)11-6-12-16-13-15-9-4-5-10-15/h2-3,7-8,15H,4-6,9-13H2. The van der Waals surface area contributed by atoms with E-state index in [-0.39, 0.29) is 0 Å². The van der Waals surface area contributed by atoms with E-state index in [0.717, 1.165) is 32.0 Å². The van der Waals surface area contributed by atoms with Gasteiger partial charge in [0.25, 0.3) is 0 Å². The smallest absolute Gasteiger partial charge is 0.0494 e. The van der Waals surface area contributed by atoms with Crippen molar-refractivity contribution in [2.45, 2.75) is 38.5 Å². The maximum atomic E-state index is 5.73. The molecule has 0 bridgehead atoms. The van der Waals surface area contributed by atoms with Crippen molar-refractivity contribution in [3.05, 3.63) is 35.9 Å². The molecule has 1 radical (unpaired) electrons. The lowest BCUT2D eigenvalue weighted by Crippen LogP contribution is -2.06. The van der Waals surface area contributed by atoms with Gasteiger partial charge in [0.15, 0.2) is 0 Å². The number of hydrogen-bond donors (Lipinski definition) is 0. The molecule has 0 unspecified atom stereocenters. The zero-order valence-electron chi connectivity index (χ0n) is 9.95. The summed E-state index contributed by atoms with van der Waals surface area (Å²) in [4.78, 5) is 0. The van der Waals surface area contributed by atoms with Crippen LogP contribution in [0.2, 0.25) is 0 Å². The van der Waals surface area contributed by atoms with Gasteiger partial charge in [-0.3, -0.25) is 0 Å². The third-order valence-corrected chi connectivity index (χ3v) is 3.37. The Hall–Kier alpha value is -0.820. The van der Waals surface area contributed by atoms with Crippen molar-refractivity contribution in [1.82, 2.24) is 0 Å². The second-order valence-corrected chi connectivity index (χ2v) is 4.74. The van der Waals surface area contributed by atoms with Gasteiger partial charge in [0.1, 0.15) is 0 Å². The van der Waals surface area contributed by atoms with E-state index < -0.39 is 0 Å². The molecule has 1 aromatic carbocycles. The summed E-state index contributed by atoms with van der Waals surface area (Å²) < 4.78 is 5.73. The topological polar surface area (TPSA) is 9.23 Å². The highest BCUT2D eigenvalue weighted by Gasteiger charge is 2.14. The summed E-state index contributed by atoms with van der Waals surface area (Å²) >= 11 is 0. The van der Waals surface area contributed by atoms with E-state index in [1.54, 1.807) is 0 Å². The molecule has 0 atom stereocenters. The van der Waals surface area contributed by atoms with Crippen molar-refractivity contribution < 1.29 is 4.74 Å². The SMILES string of the molecule is [c]1ccc(CCCOCC2CCCC2)cc1. The van der Waals surface area contributed by atoms with E-state index in [9.17, 15) is 0 Å². The summed E-state index contributed by atoms with van der Waals surface area (Å²) in [6.45, 7) is 1.90. The lowest BCUT2D eigenvalue weighted by atomic mass is 10.1. The van der Waals surface area contributed by atoms with E-state index in [1.807, 2.05) is 12.1 Å². The molecular weight excluding hydrogens is 196 g/mol. The molecule has 2 rings (SSSR count). The van der Waals surface area contributed by atoms with Crippen LogP contribution < -0.4 is 0 Å².